The Morgan fingerprint density at radius 2 is 1.79 bits per heavy atom. The minimum absolute atomic E-state index is 1.04. The second-order valence-electron chi connectivity index (χ2n) is 6.59. The van der Waals surface area contributed by atoms with Gasteiger partial charge in [-0.3, -0.25) is 9.88 Å². The van der Waals surface area contributed by atoms with E-state index in [-0.39, 0.29) is 0 Å². The highest BCUT2D eigenvalue weighted by Gasteiger charge is 2.10. The summed E-state index contributed by atoms with van der Waals surface area (Å²) in [5.41, 5.74) is 6.11. The summed E-state index contributed by atoms with van der Waals surface area (Å²) in [5, 5.41) is 4.61. The van der Waals surface area contributed by atoms with E-state index in [4.69, 9.17) is 0 Å². The van der Waals surface area contributed by atoms with Gasteiger partial charge in [0, 0.05) is 49.9 Å². The van der Waals surface area contributed by atoms with Crippen LogP contribution in [0.25, 0.3) is 22.0 Å². The zero-order valence-corrected chi connectivity index (χ0v) is 14.1. The molecule has 0 spiro atoms. The maximum Gasteiger partial charge on any atom is 0.0731 e. The molecular formula is C21H23N3. The molecule has 0 bridgehead atoms. The molecule has 3 nitrogen and oxygen atoms in total. The van der Waals surface area contributed by atoms with Gasteiger partial charge in [-0.25, -0.2) is 0 Å². The van der Waals surface area contributed by atoms with Crippen LogP contribution in [-0.4, -0.2) is 36.1 Å². The summed E-state index contributed by atoms with van der Waals surface area (Å²) < 4.78 is 0. The van der Waals surface area contributed by atoms with Gasteiger partial charge in [-0.05, 0) is 29.7 Å². The molecule has 1 N–H and O–H groups in total. The van der Waals surface area contributed by atoms with Crippen molar-refractivity contribution < 1.29 is 0 Å². The van der Waals surface area contributed by atoms with Crippen molar-refractivity contribution in [1.82, 2.24) is 15.2 Å². The Labute approximate surface area is 143 Å². The molecule has 0 atom stereocenters. The summed E-state index contributed by atoms with van der Waals surface area (Å²) in [6, 6.07) is 17.5. The van der Waals surface area contributed by atoms with Crippen LogP contribution in [-0.2, 0) is 6.54 Å². The average Bonchev–Trinajstić information content (AvgIpc) is 2.63. The van der Waals surface area contributed by atoms with E-state index < -0.39 is 0 Å². The zero-order valence-electron chi connectivity index (χ0n) is 14.1. The number of fused-ring (bicyclic) bond motifs is 1. The molecule has 3 heteroatoms. The molecule has 2 heterocycles. The van der Waals surface area contributed by atoms with Crippen LogP contribution in [0.1, 0.15) is 11.1 Å². The summed E-state index contributed by atoms with van der Waals surface area (Å²) in [6.07, 6.45) is 1.99. The Morgan fingerprint density at radius 1 is 1.00 bits per heavy atom. The number of piperazine rings is 1. The number of hydrogen-bond acceptors (Lipinski definition) is 3. The quantitative estimate of drug-likeness (QED) is 0.800. The van der Waals surface area contributed by atoms with Crippen LogP contribution in [0.5, 0.6) is 0 Å². The molecule has 4 rings (SSSR count). The largest absolute Gasteiger partial charge is 0.314 e. The van der Waals surface area contributed by atoms with E-state index in [1.54, 1.807) is 0 Å². The lowest BCUT2D eigenvalue weighted by Crippen LogP contribution is -2.42. The Morgan fingerprint density at radius 3 is 2.58 bits per heavy atom. The first kappa shape index (κ1) is 15.3. The van der Waals surface area contributed by atoms with Gasteiger partial charge in [-0.15, -0.1) is 0 Å². The van der Waals surface area contributed by atoms with E-state index >= 15 is 0 Å². The van der Waals surface area contributed by atoms with Crippen molar-refractivity contribution in [2.45, 2.75) is 13.5 Å². The second-order valence-corrected chi connectivity index (χ2v) is 6.59. The summed E-state index contributed by atoms with van der Waals surface area (Å²) in [6.45, 7) is 7.61. The first-order chi connectivity index (χ1) is 11.8. The van der Waals surface area contributed by atoms with Gasteiger partial charge >= 0.3 is 0 Å². The third-order valence-corrected chi connectivity index (χ3v) is 4.82. The maximum atomic E-state index is 4.66. The predicted octanol–water partition coefficient (Wildman–Crippen LogP) is 3.62. The van der Waals surface area contributed by atoms with Crippen LogP contribution >= 0.6 is 0 Å². The number of nitrogens with one attached hydrogen (secondary N) is 1. The number of para-hydroxylation sites is 1. The molecule has 0 saturated carbocycles. The molecule has 24 heavy (non-hydrogen) atoms. The Kier molecular flexibility index (Phi) is 4.28. The van der Waals surface area contributed by atoms with Crippen LogP contribution in [0, 0.1) is 6.92 Å². The molecule has 0 radical (unpaired) electrons. The average molecular weight is 317 g/mol. The van der Waals surface area contributed by atoms with Gasteiger partial charge in [0.25, 0.3) is 0 Å². The number of rotatable bonds is 3. The van der Waals surface area contributed by atoms with Gasteiger partial charge in [-0.1, -0.05) is 42.5 Å². The van der Waals surface area contributed by atoms with E-state index in [1.165, 1.54) is 27.6 Å². The van der Waals surface area contributed by atoms with Gasteiger partial charge in [0.15, 0.2) is 0 Å². The third kappa shape index (κ3) is 3.18. The van der Waals surface area contributed by atoms with E-state index in [2.05, 4.69) is 70.7 Å². The summed E-state index contributed by atoms with van der Waals surface area (Å²) in [4.78, 5) is 7.16. The van der Waals surface area contributed by atoms with Gasteiger partial charge < -0.3 is 5.32 Å². The number of aryl methyl sites for hydroxylation is 1. The normalized spacial score (nSPS) is 15.7. The minimum atomic E-state index is 1.04. The standard InChI is InChI=1S/C21H23N3/c1-16-3-2-4-19-13-20(14-23-21(16)19)18-7-5-17(6-8-18)15-24-11-9-22-10-12-24/h2-8,13-14,22H,9-12,15H2,1H3. The fourth-order valence-corrected chi connectivity index (χ4v) is 3.40. The first-order valence-corrected chi connectivity index (χ1v) is 8.67. The number of hydrogen-bond donors (Lipinski definition) is 1. The molecule has 1 saturated heterocycles. The Hall–Kier alpha value is -2.23. The smallest absolute Gasteiger partial charge is 0.0731 e. The summed E-state index contributed by atoms with van der Waals surface area (Å²) in [7, 11) is 0. The van der Waals surface area contributed by atoms with E-state index in [0.717, 1.165) is 38.2 Å². The molecule has 3 aromatic rings. The first-order valence-electron chi connectivity index (χ1n) is 8.67. The topological polar surface area (TPSA) is 28.2 Å². The minimum Gasteiger partial charge on any atom is -0.314 e. The van der Waals surface area contributed by atoms with Crippen LogP contribution in [0.2, 0.25) is 0 Å². The lowest BCUT2D eigenvalue weighted by Gasteiger charge is -2.27. The van der Waals surface area contributed by atoms with Crippen LogP contribution in [0.3, 0.4) is 0 Å². The third-order valence-electron chi connectivity index (χ3n) is 4.82. The lowest BCUT2D eigenvalue weighted by atomic mass is 10.0. The van der Waals surface area contributed by atoms with Crippen molar-refractivity contribution in [2.24, 2.45) is 0 Å². The number of aromatic nitrogens is 1. The SMILES string of the molecule is Cc1cccc2cc(-c3ccc(CN4CCNCC4)cc3)cnc12. The number of nitrogens with zero attached hydrogens (tertiary/aromatic N) is 2. The van der Waals surface area contributed by atoms with Gasteiger partial charge in [0.1, 0.15) is 0 Å². The van der Waals surface area contributed by atoms with E-state index in [9.17, 15) is 0 Å². The highest BCUT2D eigenvalue weighted by atomic mass is 15.2. The van der Waals surface area contributed by atoms with E-state index in [1.807, 2.05) is 6.20 Å². The summed E-state index contributed by atoms with van der Waals surface area (Å²) >= 11 is 0. The van der Waals surface area contributed by atoms with Crippen molar-refractivity contribution in [2.75, 3.05) is 26.2 Å². The molecule has 0 unspecified atom stereocenters. The zero-order chi connectivity index (χ0) is 16.4. The monoisotopic (exact) mass is 317 g/mol. The molecule has 1 aromatic heterocycles. The molecule has 2 aromatic carbocycles. The van der Waals surface area contributed by atoms with Crippen molar-refractivity contribution in [3.63, 3.8) is 0 Å². The lowest BCUT2D eigenvalue weighted by molar-refractivity contribution is 0.233. The van der Waals surface area contributed by atoms with Crippen molar-refractivity contribution in [1.29, 1.82) is 0 Å². The summed E-state index contributed by atoms with van der Waals surface area (Å²) in [5.74, 6) is 0. The number of pyridine rings is 1. The molecule has 1 aliphatic heterocycles. The van der Waals surface area contributed by atoms with Crippen LogP contribution < -0.4 is 5.32 Å². The predicted molar refractivity (Wildman–Crippen MR) is 100 cm³/mol. The molecule has 1 fully saturated rings. The van der Waals surface area contributed by atoms with E-state index in [0.29, 0.717) is 0 Å². The van der Waals surface area contributed by atoms with Gasteiger partial charge in [0.05, 0.1) is 5.52 Å². The Bertz CT molecular complexity index is 833. The molecule has 0 aliphatic carbocycles. The molecule has 0 amide bonds. The maximum absolute atomic E-state index is 4.66. The highest BCUT2D eigenvalue weighted by molar-refractivity contribution is 5.85. The molecule has 122 valence electrons. The van der Waals surface area contributed by atoms with Crippen molar-refractivity contribution in [3.8, 4) is 11.1 Å². The van der Waals surface area contributed by atoms with Crippen molar-refractivity contribution >= 4 is 10.9 Å². The molecular weight excluding hydrogens is 294 g/mol. The second kappa shape index (κ2) is 6.71. The fourth-order valence-electron chi connectivity index (χ4n) is 3.40. The highest BCUT2D eigenvalue weighted by Crippen LogP contribution is 2.24. The molecule has 1 aliphatic rings. The number of benzene rings is 2. The van der Waals surface area contributed by atoms with Crippen LogP contribution in [0.15, 0.2) is 54.7 Å². The van der Waals surface area contributed by atoms with Crippen LogP contribution in [0.4, 0.5) is 0 Å². The fraction of sp³-hybridized carbons (Fsp3) is 0.286. The Balaban J connectivity index is 1.56. The van der Waals surface area contributed by atoms with Gasteiger partial charge in [0.2, 0.25) is 0 Å². The van der Waals surface area contributed by atoms with Crippen molar-refractivity contribution in [3.05, 3.63) is 65.9 Å². The van der Waals surface area contributed by atoms with Gasteiger partial charge in [-0.2, -0.15) is 0 Å².